The third-order valence-electron chi connectivity index (χ3n) is 3.24. The van der Waals surface area contributed by atoms with Crippen LogP contribution in [0.25, 0.3) is 0 Å². The molecule has 1 aromatic rings. The number of nitrogens with zero attached hydrogens (tertiary/aromatic N) is 1. The van der Waals surface area contributed by atoms with Crippen LogP contribution < -0.4 is 5.32 Å². The van der Waals surface area contributed by atoms with Crippen molar-refractivity contribution in [1.29, 1.82) is 0 Å². The quantitative estimate of drug-likeness (QED) is 0.787. The molecule has 0 spiro atoms. The van der Waals surface area contributed by atoms with Crippen molar-refractivity contribution in [2.24, 2.45) is 0 Å². The topological polar surface area (TPSA) is 52.6 Å². The van der Waals surface area contributed by atoms with Gasteiger partial charge in [0.15, 0.2) is 0 Å². The molecule has 1 aliphatic rings. The molecule has 0 unspecified atom stereocenters. The number of nitrogens with one attached hydrogen (secondary N) is 1. The van der Waals surface area contributed by atoms with Gasteiger partial charge in [0.05, 0.1) is 5.37 Å². The second-order valence-corrected chi connectivity index (χ2v) is 6.11. The smallest absolute Gasteiger partial charge is 0.404 e. The molecule has 19 heavy (non-hydrogen) atoms. The van der Waals surface area contributed by atoms with Gasteiger partial charge in [0.25, 0.3) is 0 Å². The van der Waals surface area contributed by atoms with Gasteiger partial charge in [-0.25, -0.2) is 4.79 Å². The van der Waals surface area contributed by atoms with Gasteiger partial charge in [-0.05, 0) is 31.9 Å². The number of likely N-dealkylation sites (tertiary alicyclic amines) is 1. The van der Waals surface area contributed by atoms with Crippen LogP contribution >= 0.6 is 11.8 Å². The van der Waals surface area contributed by atoms with E-state index in [-0.39, 0.29) is 6.04 Å². The van der Waals surface area contributed by atoms with Gasteiger partial charge in [0, 0.05) is 24.0 Å². The van der Waals surface area contributed by atoms with Crippen LogP contribution in [0.4, 0.5) is 4.79 Å². The lowest BCUT2D eigenvalue weighted by Crippen LogP contribution is -2.46. The van der Waals surface area contributed by atoms with Crippen LogP contribution in [-0.4, -0.2) is 40.6 Å². The lowest BCUT2D eigenvalue weighted by atomic mass is 10.1. The third-order valence-corrected chi connectivity index (χ3v) is 4.55. The van der Waals surface area contributed by atoms with E-state index in [0.29, 0.717) is 5.37 Å². The van der Waals surface area contributed by atoms with Crippen LogP contribution in [-0.2, 0) is 0 Å². The zero-order chi connectivity index (χ0) is 13.7. The van der Waals surface area contributed by atoms with Crippen molar-refractivity contribution in [3.8, 4) is 0 Å². The van der Waals surface area contributed by atoms with Crippen LogP contribution in [0, 0.1) is 0 Å². The Hall–Kier alpha value is -1.20. The fourth-order valence-electron chi connectivity index (χ4n) is 2.13. The van der Waals surface area contributed by atoms with E-state index in [1.807, 2.05) is 36.9 Å². The molecule has 1 aromatic carbocycles. The number of hydrogen-bond donors (Lipinski definition) is 2. The Kier molecular flexibility index (Phi) is 5.10. The fraction of sp³-hybridized carbons (Fsp3) is 0.500. The van der Waals surface area contributed by atoms with Gasteiger partial charge in [-0.1, -0.05) is 18.2 Å². The number of rotatable bonds is 6. The number of hydrogen-bond acceptors (Lipinski definition) is 3. The van der Waals surface area contributed by atoms with E-state index in [9.17, 15) is 4.79 Å². The Morgan fingerprint density at radius 3 is 2.63 bits per heavy atom. The highest BCUT2D eigenvalue weighted by molar-refractivity contribution is 7.99. The van der Waals surface area contributed by atoms with Crippen LogP contribution in [0.5, 0.6) is 0 Å². The minimum Gasteiger partial charge on any atom is -0.465 e. The summed E-state index contributed by atoms with van der Waals surface area (Å²) in [5, 5.41) is 11.6. The zero-order valence-electron chi connectivity index (χ0n) is 11.1. The van der Waals surface area contributed by atoms with Gasteiger partial charge >= 0.3 is 6.09 Å². The highest BCUT2D eigenvalue weighted by atomic mass is 32.2. The maximum absolute atomic E-state index is 10.7. The fourth-order valence-corrected chi connectivity index (χ4v) is 3.50. The standard InChI is InChI=1S/C14H20N2O2S/c1-11(15-14(17)18)10-13(16-8-5-9-16)19-12-6-3-2-4-7-12/h2-4,6-7,11,13,15H,5,8-10H2,1H3,(H,17,18)/t11-,13+/m1/s1. The Labute approximate surface area is 118 Å². The predicted molar refractivity (Wildman–Crippen MR) is 77.5 cm³/mol. The summed E-state index contributed by atoms with van der Waals surface area (Å²) in [6.45, 7) is 4.15. The van der Waals surface area contributed by atoms with Crippen LogP contribution in [0.15, 0.2) is 35.2 Å². The molecule has 0 radical (unpaired) electrons. The summed E-state index contributed by atoms with van der Waals surface area (Å²) in [6, 6.07) is 10.3. The highest BCUT2D eigenvalue weighted by Gasteiger charge is 2.26. The van der Waals surface area contributed by atoms with Gasteiger partial charge in [-0.2, -0.15) is 0 Å². The first-order chi connectivity index (χ1) is 9.15. The highest BCUT2D eigenvalue weighted by Crippen LogP contribution is 2.31. The summed E-state index contributed by atoms with van der Waals surface area (Å²) >= 11 is 1.82. The molecule has 4 nitrogen and oxygen atoms in total. The Bertz CT molecular complexity index is 409. The molecule has 2 rings (SSSR count). The monoisotopic (exact) mass is 280 g/mol. The lowest BCUT2D eigenvalue weighted by molar-refractivity contribution is 0.150. The summed E-state index contributed by atoms with van der Waals surface area (Å²) in [5.74, 6) is 0. The third kappa shape index (κ3) is 4.44. The van der Waals surface area contributed by atoms with E-state index >= 15 is 0 Å². The lowest BCUT2D eigenvalue weighted by Gasteiger charge is -2.39. The van der Waals surface area contributed by atoms with E-state index in [2.05, 4.69) is 22.3 Å². The molecule has 1 fully saturated rings. The Morgan fingerprint density at radius 2 is 2.11 bits per heavy atom. The van der Waals surface area contributed by atoms with Gasteiger partial charge in [-0.3, -0.25) is 4.90 Å². The van der Waals surface area contributed by atoms with Crippen LogP contribution in [0.2, 0.25) is 0 Å². The Morgan fingerprint density at radius 1 is 1.42 bits per heavy atom. The first-order valence-electron chi connectivity index (χ1n) is 6.60. The molecular formula is C14H20N2O2S. The molecule has 1 amide bonds. The molecule has 0 saturated carbocycles. The molecule has 1 heterocycles. The van der Waals surface area contributed by atoms with Crippen molar-refractivity contribution in [2.45, 2.75) is 36.1 Å². The molecule has 0 aliphatic carbocycles. The second-order valence-electron chi connectivity index (χ2n) is 4.86. The van der Waals surface area contributed by atoms with E-state index < -0.39 is 6.09 Å². The molecule has 104 valence electrons. The summed E-state index contributed by atoms with van der Waals surface area (Å²) in [7, 11) is 0. The summed E-state index contributed by atoms with van der Waals surface area (Å²) in [5.41, 5.74) is 0. The average Bonchev–Trinajstić information content (AvgIpc) is 2.26. The number of amides is 1. The predicted octanol–water partition coefficient (Wildman–Crippen LogP) is 2.86. The van der Waals surface area contributed by atoms with E-state index in [1.54, 1.807) is 0 Å². The maximum atomic E-state index is 10.7. The summed E-state index contributed by atoms with van der Waals surface area (Å²) in [4.78, 5) is 14.3. The molecule has 2 atom stereocenters. The Balaban J connectivity index is 1.94. The number of carboxylic acid groups (broad SMARTS) is 1. The summed E-state index contributed by atoms with van der Waals surface area (Å²) < 4.78 is 0. The minimum atomic E-state index is -0.945. The molecule has 5 heteroatoms. The number of benzene rings is 1. The van der Waals surface area contributed by atoms with Gasteiger partial charge in [0.2, 0.25) is 0 Å². The minimum absolute atomic E-state index is 0.0284. The SMILES string of the molecule is C[C@H](C[C@H](Sc1ccccc1)N1CCC1)NC(=O)O. The molecular weight excluding hydrogens is 260 g/mol. The first kappa shape index (κ1) is 14.2. The molecule has 1 aliphatic heterocycles. The van der Waals surface area contributed by atoms with Crippen molar-refractivity contribution >= 4 is 17.9 Å². The van der Waals surface area contributed by atoms with Crippen molar-refractivity contribution in [1.82, 2.24) is 10.2 Å². The molecule has 1 saturated heterocycles. The van der Waals surface area contributed by atoms with Crippen LogP contribution in [0.3, 0.4) is 0 Å². The van der Waals surface area contributed by atoms with Crippen molar-refractivity contribution < 1.29 is 9.90 Å². The van der Waals surface area contributed by atoms with Gasteiger partial charge < -0.3 is 10.4 Å². The van der Waals surface area contributed by atoms with Crippen LogP contribution in [0.1, 0.15) is 19.8 Å². The van der Waals surface area contributed by atoms with Gasteiger partial charge in [-0.15, -0.1) is 11.8 Å². The summed E-state index contributed by atoms with van der Waals surface area (Å²) in [6.07, 6.45) is 1.12. The zero-order valence-corrected chi connectivity index (χ0v) is 11.9. The molecule has 2 N–H and O–H groups in total. The molecule has 0 aromatic heterocycles. The number of thioether (sulfide) groups is 1. The van der Waals surface area contributed by atoms with Crippen molar-refractivity contribution in [2.75, 3.05) is 13.1 Å². The van der Waals surface area contributed by atoms with Crippen molar-refractivity contribution in [3.05, 3.63) is 30.3 Å². The van der Waals surface area contributed by atoms with E-state index in [0.717, 1.165) is 19.5 Å². The average molecular weight is 280 g/mol. The second kappa shape index (κ2) is 6.82. The normalized spacial score (nSPS) is 18.4. The largest absolute Gasteiger partial charge is 0.465 e. The maximum Gasteiger partial charge on any atom is 0.404 e. The van der Waals surface area contributed by atoms with E-state index in [1.165, 1.54) is 11.3 Å². The first-order valence-corrected chi connectivity index (χ1v) is 7.48. The van der Waals surface area contributed by atoms with Crippen molar-refractivity contribution in [3.63, 3.8) is 0 Å². The van der Waals surface area contributed by atoms with Gasteiger partial charge in [0.1, 0.15) is 0 Å². The number of carbonyl (C=O) groups is 1. The molecule has 0 bridgehead atoms. The van der Waals surface area contributed by atoms with E-state index in [4.69, 9.17) is 5.11 Å².